The van der Waals surface area contributed by atoms with Gasteiger partial charge in [0.1, 0.15) is 17.5 Å². The molecule has 0 atom stereocenters. The first-order valence-corrected chi connectivity index (χ1v) is 39.3. The molecule has 3 N–H and O–H groups in total. The first kappa shape index (κ1) is 77.8. The number of nitrogens with one attached hydrogen (secondary N) is 3. The summed E-state index contributed by atoms with van der Waals surface area (Å²) in [6, 6.07) is 130. The average Bonchev–Trinajstić information content (AvgIpc) is 1.74. The molecule has 121 heavy (non-hydrogen) atoms. The number of para-hydroxylation sites is 9. The molecule has 12 nitrogen and oxygen atoms in total. The molecule has 556 valence electrons. The number of nitrogens with zero attached hydrogens (tertiary/aromatic N) is 6. The van der Waals surface area contributed by atoms with E-state index in [1.54, 1.807) is 24.7 Å². The maximum Gasteiger partial charge on any atom is 1.00 e. The van der Waals surface area contributed by atoms with E-state index < -0.39 is 0 Å². The van der Waals surface area contributed by atoms with Gasteiger partial charge in [-0.2, -0.15) is 0 Å². The Morgan fingerprint density at radius 3 is 1.04 bits per heavy atom. The van der Waals surface area contributed by atoms with Crippen LogP contribution >= 0.6 is 0 Å². The van der Waals surface area contributed by atoms with Crippen molar-refractivity contribution in [2.24, 2.45) is 0 Å². The second-order valence-electron chi connectivity index (χ2n) is 29.4. The second kappa shape index (κ2) is 33.2. The fourth-order valence-corrected chi connectivity index (χ4v) is 17.2. The van der Waals surface area contributed by atoms with Crippen molar-refractivity contribution >= 4 is 109 Å². The van der Waals surface area contributed by atoms with Crippen LogP contribution in [-0.2, 0) is 0 Å². The standard InChI is InChI=1S/C42H27N3O.2C32H21N3O.3Li/c46-41-35(22-21-27-14-9-23-43-40(27)41)34-18-8-12-30-25-36-29(26-37(30)34)11-7-17-33(36)28-10-6-13-31(24-28)42-44-38-19-4-5-20-39(38)45(42)32-15-2-1-3-16-32;36-31-26(17-16-21-9-8-20-33-30(21)31)25-18-19-27(24-13-5-4-12-23(24)25)32-34-28-14-6-7-15-29(28)35(32)22-10-2-1-3-11-22;36-30-19-18-25(26-13-8-20-33-31(26)30)24-16-17-27(23-12-5-4-11-22(23)24)32-34-28-14-6-7-15-29(28)35(32)21-9-2-1-3-10-21;;;/h1-26,46H;2*1-20,36H;;;/q;;;3*+1. The van der Waals surface area contributed by atoms with E-state index in [0.29, 0.717) is 27.7 Å². The number of aromatic amines is 3. The van der Waals surface area contributed by atoms with E-state index in [4.69, 9.17) is 15.0 Å². The second-order valence-corrected chi connectivity index (χ2v) is 29.4. The van der Waals surface area contributed by atoms with E-state index in [1.165, 1.54) is 0 Å². The molecule has 0 saturated heterocycles. The summed E-state index contributed by atoms with van der Waals surface area (Å²) in [4.78, 5) is 24.7. The van der Waals surface area contributed by atoms with Gasteiger partial charge in [0.05, 0.1) is 38.5 Å². The van der Waals surface area contributed by atoms with Gasteiger partial charge in [-0.3, -0.25) is 13.7 Å². The first-order chi connectivity index (χ1) is 58.3. The molecular formula is C106H69Li3N9O3+3. The molecule has 0 spiro atoms. The molecular weight excluding hydrogens is 1470 g/mol. The number of imidazole rings is 3. The number of benzene rings is 17. The van der Waals surface area contributed by atoms with E-state index in [-0.39, 0.29) is 73.8 Å². The van der Waals surface area contributed by atoms with Gasteiger partial charge in [0, 0.05) is 62.7 Å². The minimum atomic E-state index is -0.00754. The predicted molar refractivity (Wildman–Crippen MR) is 472 cm³/mol. The minimum Gasteiger partial charge on any atom is -0.868 e. The number of hydrogen-bond donors (Lipinski definition) is 0. The van der Waals surface area contributed by atoms with Gasteiger partial charge < -0.3 is 15.3 Å². The smallest absolute Gasteiger partial charge is 0.868 e. The van der Waals surface area contributed by atoms with E-state index in [2.05, 4.69) is 253 Å². The number of rotatable bonds is 10. The van der Waals surface area contributed by atoms with Gasteiger partial charge in [-0.05, 0) is 238 Å². The summed E-state index contributed by atoms with van der Waals surface area (Å²) in [7, 11) is 0. The summed E-state index contributed by atoms with van der Waals surface area (Å²) in [5.41, 5.74) is 21.9. The Kier molecular flexibility index (Phi) is 21.3. The van der Waals surface area contributed by atoms with Crippen LogP contribution in [0.1, 0.15) is 0 Å². The fraction of sp³-hybridized carbons (Fsp3) is 0. The zero-order valence-corrected chi connectivity index (χ0v) is 66.5. The number of H-pyrrole nitrogens is 3. The van der Waals surface area contributed by atoms with Crippen molar-refractivity contribution in [1.82, 2.24) is 28.7 Å². The van der Waals surface area contributed by atoms with Crippen LogP contribution < -0.4 is 86.9 Å². The van der Waals surface area contributed by atoms with Crippen molar-refractivity contribution in [3.8, 4) is 113 Å². The molecule has 6 heterocycles. The van der Waals surface area contributed by atoms with E-state index >= 15 is 0 Å². The van der Waals surface area contributed by atoms with Gasteiger partial charge in [-0.1, -0.05) is 231 Å². The van der Waals surface area contributed by atoms with Crippen LogP contribution in [0.3, 0.4) is 0 Å². The van der Waals surface area contributed by atoms with Crippen LogP contribution in [-0.4, -0.2) is 28.7 Å². The molecule has 0 unspecified atom stereocenters. The zero-order valence-electron chi connectivity index (χ0n) is 66.5. The maximum absolute atomic E-state index is 13.6. The van der Waals surface area contributed by atoms with E-state index in [9.17, 15) is 15.3 Å². The van der Waals surface area contributed by atoms with Gasteiger partial charge in [-0.15, -0.1) is 0 Å². The molecule has 0 fully saturated rings. The Labute approximate surface area is 732 Å². The van der Waals surface area contributed by atoms with Crippen LogP contribution in [0, 0.1) is 0 Å². The summed E-state index contributed by atoms with van der Waals surface area (Å²) in [6.45, 7) is 0. The summed E-state index contributed by atoms with van der Waals surface area (Å²) in [5.74, 6) is 2.69. The molecule has 0 aliphatic heterocycles. The molecule has 17 aromatic carbocycles. The van der Waals surface area contributed by atoms with E-state index in [0.717, 1.165) is 177 Å². The monoisotopic (exact) mass is 1540 g/mol. The predicted octanol–water partition coefficient (Wildman–Crippen LogP) is 13.5. The van der Waals surface area contributed by atoms with Gasteiger partial charge in [0.15, 0.2) is 18.6 Å². The molecule has 23 rings (SSSR count). The van der Waals surface area contributed by atoms with Crippen LogP contribution in [0.15, 0.2) is 401 Å². The average molecular weight is 1540 g/mol. The van der Waals surface area contributed by atoms with Gasteiger partial charge in [0.2, 0.25) is 16.6 Å². The van der Waals surface area contributed by atoms with Gasteiger partial charge in [0.25, 0.3) is 0 Å². The number of pyridine rings is 3. The molecule has 0 amide bonds. The number of fused-ring (bicyclic) bond motifs is 10. The van der Waals surface area contributed by atoms with Crippen molar-refractivity contribution in [1.29, 1.82) is 0 Å². The zero-order chi connectivity index (χ0) is 78.7. The van der Waals surface area contributed by atoms with Gasteiger partial charge >= 0.3 is 56.6 Å². The Morgan fingerprint density at radius 1 is 0.215 bits per heavy atom. The number of aromatic nitrogens is 9. The quantitative estimate of drug-likeness (QED) is 0.0976. The molecule has 0 bridgehead atoms. The molecule has 15 heteroatoms. The van der Waals surface area contributed by atoms with Crippen LogP contribution in [0.5, 0.6) is 17.2 Å². The first-order valence-electron chi connectivity index (χ1n) is 39.3. The third kappa shape index (κ3) is 14.0. The molecule has 0 saturated carbocycles. The van der Waals surface area contributed by atoms with Crippen LogP contribution in [0.25, 0.3) is 205 Å². The van der Waals surface area contributed by atoms with Crippen molar-refractivity contribution in [3.63, 3.8) is 0 Å². The van der Waals surface area contributed by atoms with Crippen molar-refractivity contribution in [3.05, 3.63) is 401 Å². The van der Waals surface area contributed by atoms with Crippen molar-refractivity contribution < 1.29 is 86.9 Å². The fourth-order valence-electron chi connectivity index (χ4n) is 17.2. The topological polar surface area (TPSA) is 165 Å². The molecule has 6 aromatic heterocycles. The Hall–Kier alpha value is -14.4. The van der Waals surface area contributed by atoms with Crippen LogP contribution in [0.4, 0.5) is 0 Å². The normalized spacial score (nSPS) is 11.2. The summed E-state index contributed by atoms with van der Waals surface area (Å²) in [6.07, 6.45) is 5.39. The largest absolute Gasteiger partial charge is 1.00 e. The third-order valence-corrected chi connectivity index (χ3v) is 22.6. The van der Waals surface area contributed by atoms with Crippen molar-refractivity contribution in [2.75, 3.05) is 0 Å². The third-order valence-electron chi connectivity index (χ3n) is 22.6. The van der Waals surface area contributed by atoms with E-state index in [1.807, 2.05) is 152 Å². The summed E-state index contributed by atoms with van der Waals surface area (Å²) in [5, 5.41) is 51.0. The maximum atomic E-state index is 13.6. The molecule has 0 radical (unpaired) electrons. The Morgan fingerprint density at radius 2 is 0.545 bits per heavy atom. The molecule has 23 aromatic rings. The Balaban J connectivity index is 0.000000124. The summed E-state index contributed by atoms with van der Waals surface area (Å²) >= 11 is 0. The molecule has 0 aliphatic rings. The Bertz CT molecular complexity index is 7890. The van der Waals surface area contributed by atoms with Crippen LogP contribution in [0.2, 0.25) is 0 Å². The number of hydrogen-bond acceptors (Lipinski definition) is 6. The molecule has 0 aliphatic carbocycles. The summed E-state index contributed by atoms with van der Waals surface area (Å²) < 4.78 is 6.68. The van der Waals surface area contributed by atoms with Crippen molar-refractivity contribution in [2.45, 2.75) is 0 Å². The SMILES string of the molecule is [Li+].[Li+].[Li+].[O-]c1c(-c2ccc(-c3nc4ccccc4n3-c3ccccc3)c3ccccc23)ccc2ccc[nH+]c12.[O-]c1c(-c2cccc3cc4c(-c5cccc(-c6nc7ccccc7n6-c6ccccc6)c5)cccc4cc23)ccc2ccc[nH+]c12.[O-]c1ccc(-c2ccc(-c3nc4ccccc4n3-c3ccccc3)c3ccccc23)c2ccc[nH+]c12. The minimum absolute atomic E-state index is 0. The van der Waals surface area contributed by atoms with Gasteiger partial charge in [-0.25, -0.2) is 29.9 Å².